The number of rotatable bonds is 11. The second kappa shape index (κ2) is 13.2. The first-order valence-corrected chi connectivity index (χ1v) is 14.0. The highest BCUT2D eigenvalue weighted by Gasteiger charge is 2.17. The van der Waals surface area contributed by atoms with Crippen LogP contribution in [-0.2, 0) is 13.0 Å². The first-order chi connectivity index (χ1) is 19.4. The van der Waals surface area contributed by atoms with Crippen molar-refractivity contribution in [3.8, 4) is 17.6 Å². The van der Waals surface area contributed by atoms with Crippen molar-refractivity contribution in [3.63, 3.8) is 0 Å². The number of halogens is 1. The molecular weight excluding hydrogens is 568 g/mol. The van der Waals surface area contributed by atoms with Gasteiger partial charge in [-0.3, -0.25) is 4.79 Å². The molecule has 0 saturated carbocycles. The Hall–Kier alpha value is -4.22. The van der Waals surface area contributed by atoms with Crippen LogP contribution in [0, 0.1) is 11.3 Å². The molecule has 8 heteroatoms. The Labute approximate surface area is 242 Å². The molecule has 0 aliphatic rings. The van der Waals surface area contributed by atoms with Gasteiger partial charge in [-0.05, 0) is 61.7 Å². The molecule has 0 spiro atoms. The van der Waals surface area contributed by atoms with E-state index in [0.717, 1.165) is 27.6 Å². The number of allylic oxidation sites excluding steroid dienone is 1. The molecule has 4 aromatic rings. The topological polar surface area (TPSA) is 89.5 Å². The van der Waals surface area contributed by atoms with Crippen molar-refractivity contribution in [1.82, 2.24) is 9.66 Å². The summed E-state index contributed by atoms with van der Waals surface area (Å²) in [6.07, 6.45) is 4.77. The SMILES string of the molecule is C=CCc1cc(C=Nn2c([C@@H](C)CC)nc3ccc(Br)cc3c2=O)cc(OCC)c1OCc1ccccc1C#N. The van der Waals surface area contributed by atoms with Crippen molar-refractivity contribution in [1.29, 1.82) is 5.26 Å². The minimum absolute atomic E-state index is 0.0280. The predicted molar refractivity (Wildman–Crippen MR) is 162 cm³/mol. The van der Waals surface area contributed by atoms with Crippen LogP contribution in [0.5, 0.6) is 11.5 Å². The zero-order chi connectivity index (χ0) is 28.6. The minimum atomic E-state index is -0.231. The van der Waals surface area contributed by atoms with Crippen molar-refractivity contribution in [2.24, 2.45) is 5.10 Å². The molecule has 1 heterocycles. The van der Waals surface area contributed by atoms with E-state index in [4.69, 9.17) is 14.5 Å². The fourth-order valence-corrected chi connectivity index (χ4v) is 4.66. The summed E-state index contributed by atoms with van der Waals surface area (Å²) < 4.78 is 14.4. The van der Waals surface area contributed by atoms with Crippen LogP contribution in [0.2, 0.25) is 0 Å². The van der Waals surface area contributed by atoms with E-state index < -0.39 is 0 Å². The average molecular weight is 600 g/mol. The Morgan fingerprint density at radius 1 is 1.15 bits per heavy atom. The number of ether oxygens (including phenoxy) is 2. The molecule has 0 aliphatic heterocycles. The lowest BCUT2D eigenvalue weighted by Gasteiger charge is -2.17. The van der Waals surface area contributed by atoms with Crippen LogP contribution in [0.25, 0.3) is 10.9 Å². The quantitative estimate of drug-likeness (QED) is 0.135. The molecule has 0 unspecified atom stereocenters. The van der Waals surface area contributed by atoms with Gasteiger partial charge in [0.1, 0.15) is 12.4 Å². The fraction of sp³-hybridized carbons (Fsp3) is 0.250. The molecule has 4 rings (SSSR count). The highest BCUT2D eigenvalue weighted by Crippen LogP contribution is 2.34. The van der Waals surface area contributed by atoms with Crippen molar-refractivity contribution in [2.45, 2.75) is 46.1 Å². The Morgan fingerprint density at radius 2 is 1.95 bits per heavy atom. The maximum atomic E-state index is 13.5. The van der Waals surface area contributed by atoms with E-state index >= 15 is 0 Å². The van der Waals surface area contributed by atoms with Crippen LogP contribution in [-0.4, -0.2) is 22.5 Å². The number of hydrogen-bond donors (Lipinski definition) is 0. The number of fused-ring (bicyclic) bond motifs is 1. The third kappa shape index (κ3) is 6.32. The van der Waals surface area contributed by atoms with E-state index in [0.29, 0.717) is 46.8 Å². The van der Waals surface area contributed by atoms with Crippen LogP contribution < -0.4 is 15.0 Å². The molecule has 0 saturated heterocycles. The molecule has 1 aromatic heterocycles. The monoisotopic (exact) mass is 598 g/mol. The summed E-state index contributed by atoms with van der Waals surface area (Å²) in [5, 5.41) is 14.6. The van der Waals surface area contributed by atoms with Gasteiger partial charge in [0.25, 0.3) is 5.56 Å². The molecule has 0 radical (unpaired) electrons. The van der Waals surface area contributed by atoms with Gasteiger partial charge in [0.2, 0.25) is 0 Å². The Morgan fingerprint density at radius 3 is 2.67 bits per heavy atom. The number of nitrogens with zero attached hydrogens (tertiary/aromatic N) is 4. The van der Waals surface area contributed by atoms with Gasteiger partial charge in [0.15, 0.2) is 11.5 Å². The van der Waals surface area contributed by atoms with Gasteiger partial charge in [0.05, 0.1) is 35.4 Å². The first kappa shape index (κ1) is 28.8. The van der Waals surface area contributed by atoms with E-state index in [1.807, 2.05) is 56.3 Å². The van der Waals surface area contributed by atoms with Gasteiger partial charge < -0.3 is 9.47 Å². The predicted octanol–water partition coefficient (Wildman–Crippen LogP) is 7.13. The summed E-state index contributed by atoms with van der Waals surface area (Å²) in [7, 11) is 0. The summed E-state index contributed by atoms with van der Waals surface area (Å²) in [4.78, 5) is 18.3. The van der Waals surface area contributed by atoms with E-state index in [2.05, 4.69) is 40.6 Å². The van der Waals surface area contributed by atoms with Crippen molar-refractivity contribution >= 4 is 33.0 Å². The average Bonchev–Trinajstić information content (AvgIpc) is 2.96. The van der Waals surface area contributed by atoms with Crippen molar-refractivity contribution < 1.29 is 9.47 Å². The molecule has 0 aliphatic carbocycles. The smallest absolute Gasteiger partial charge is 0.282 e. The van der Waals surface area contributed by atoms with Crippen molar-refractivity contribution in [2.75, 3.05) is 6.61 Å². The van der Waals surface area contributed by atoms with Crippen molar-refractivity contribution in [3.05, 3.63) is 110 Å². The molecule has 0 bridgehead atoms. The van der Waals surface area contributed by atoms with Gasteiger partial charge in [0, 0.05) is 21.5 Å². The first-order valence-electron chi connectivity index (χ1n) is 13.2. The Kier molecular flexibility index (Phi) is 9.52. The summed E-state index contributed by atoms with van der Waals surface area (Å²) in [5.41, 5.74) is 3.35. The molecule has 0 N–H and O–H groups in total. The molecular formula is C32H31BrN4O3. The third-order valence-corrected chi connectivity index (χ3v) is 7.03. The van der Waals surface area contributed by atoms with Crippen LogP contribution in [0.4, 0.5) is 0 Å². The lowest BCUT2D eigenvalue weighted by molar-refractivity contribution is 0.267. The van der Waals surface area contributed by atoms with E-state index in [-0.39, 0.29) is 18.1 Å². The zero-order valence-corrected chi connectivity index (χ0v) is 24.4. The minimum Gasteiger partial charge on any atom is -0.490 e. The van der Waals surface area contributed by atoms with Gasteiger partial charge in [-0.15, -0.1) is 6.58 Å². The van der Waals surface area contributed by atoms with Gasteiger partial charge in [-0.1, -0.05) is 54.1 Å². The molecule has 1 atom stereocenters. The maximum Gasteiger partial charge on any atom is 0.282 e. The van der Waals surface area contributed by atoms with Crippen LogP contribution in [0.3, 0.4) is 0 Å². The highest BCUT2D eigenvalue weighted by atomic mass is 79.9. The lowest BCUT2D eigenvalue weighted by atomic mass is 10.1. The van der Waals surface area contributed by atoms with Crippen LogP contribution >= 0.6 is 15.9 Å². The number of nitriles is 1. The molecule has 204 valence electrons. The van der Waals surface area contributed by atoms with E-state index in [1.165, 1.54) is 4.68 Å². The second-order valence-electron chi connectivity index (χ2n) is 9.29. The summed E-state index contributed by atoms with van der Waals surface area (Å²) in [6.45, 7) is 10.5. The fourth-order valence-electron chi connectivity index (χ4n) is 4.30. The number of hydrogen-bond acceptors (Lipinski definition) is 6. The standard InChI is InChI=1S/C32H31BrN4O3/c1-5-10-23-15-22(16-29(39-7-3)30(23)40-20-25-12-9-8-11-24(25)18-34)19-35-37-31(21(4)6-2)36-28-14-13-26(33)17-27(28)32(37)38/h5,8-9,11-17,19,21H,1,6-7,10,20H2,2-4H3/t21-/m0/s1. The summed E-state index contributed by atoms with van der Waals surface area (Å²) >= 11 is 3.45. The number of aromatic nitrogens is 2. The number of benzene rings is 3. The highest BCUT2D eigenvalue weighted by molar-refractivity contribution is 9.10. The van der Waals surface area contributed by atoms with E-state index in [1.54, 1.807) is 24.4 Å². The summed E-state index contributed by atoms with van der Waals surface area (Å²) in [6, 6.07) is 18.8. The van der Waals surface area contributed by atoms with Gasteiger partial charge in [-0.25, -0.2) is 4.98 Å². The van der Waals surface area contributed by atoms with Gasteiger partial charge in [-0.2, -0.15) is 15.0 Å². The van der Waals surface area contributed by atoms with E-state index in [9.17, 15) is 10.1 Å². The lowest BCUT2D eigenvalue weighted by Crippen LogP contribution is -2.23. The largest absolute Gasteiger partial charge is 0.490 e. The van der Waals surface area contributed by atoms with Gasteiger partial charge >= 0.3 is 0 Å². The molecule has 0 fully saturated rings. The Bertz CT molecular complexity index is 1670. The van der Waals surface area contributed by atoms with Crippen LogP contribution in [0.1, 0.15) is 61.2 Å². The molecule has 7 nitrogen and oxygen atoms in total. The molecule has 0 amide bonds. The second-order valence-corrected chi connectivity index (χ2v) is 10.2. The van der Waals surface area contributed by atoms with Crippen LogP contribution in [0.15, 0.2) is 81.6 Å². The maximum absolute atomic E-state index is 13.5. The summed E-state index contributed by atoms with van der Waals surface area (Å²) in [5.74, 6) is 1.76. The Balaban J connectivity index is 1.78. The third-order valence-electron chi connectivity index (χ3n) is 6.54. The molecule has 40 heavy (non-hydrogen) atoms. The zero-order valence-electron chi connectivity index (χ0n) is 22.9. The molecule has 3 aromatic carbocycles. The normalized spacial score (nSPS) is 11.9.